The molecule has 7 nitrogen and oxygen atoms in total. The van der Waals surface area contributed by atoms with Crippen LogP contribution in [0.1, 0.15) is 10.5 Å². The number of fused-ring (bicyclic) bond motifs is 1. The van der Waals surface area contributed by atoms with Gasteiger partial charge in [0.2, 0.25) is 0 Å². The summed E-state index contributed by atoms with van der Waals surface area (Å²) < 4.78 is 6.18. The van der Waals surface area contributed by atoms with Crippen LogP contribution in [0.15, 0.2) is 36.5 Å². The summed E-state index contributed by atoms with van der Waals surface area (Å²) in [5.74, 6) is -0.0307. The average Bonchev–Trinajstić information content (AvgIpc) is 2.89. The molecule has 0 amide bonds. The van der Waals surface area contributed by atoms with E-state index in [4.69, 9.17) is 5.73 Å². The molecule has 20 heavy (non-hydrogen) atoms. The highest BCUT2D eigenvalue weighted by molar-refractivity contribution is 5.87. The Labute approximate surface area is 114 Å². The fraction of sp³-hybridized carbons (Fsp3) is 0.0769. The molecule has 0 saturated carbocycles. The summed E-state index contributed by atoms with van der Waals surface area (Å²) >= 11 is 0. The van der Waals surface area contributed by atoms with Gasteiger partial charge in [0, 0.05) is 11.1 Å². The Balaban J connectivity index is 2.07. The molecule has 0 aliphatic rings. The molecule has 0 aliphatic carbocycles. The van der Waals surface area contributed by atoms with E-state index in [0.29, 0.717) is 11.5 Å². The topological polar surface area (TPSA) is 95.9 Å². The van der Waals surface area contributed by atoms with E-state index in [1.807, 2.05) is 6.07 Å². The Morgan fingerprint density at radius 2 is 2.10 bits per heavy atom. The normalized spacial score (nSPS) is 10.7. The second kappa shape index (κ2) is 4.61. The molecular formula is C13H11N5O2. The third-order valence-electron chi connectivity index (χ3n) is 2.86. The molecule has 3 aromatic rings. The monoisotopic (exact) mass is 269 g/mol. The molecule has 0 radical (unpaired) electrons. The van der Waals surface area contributed by atoms with Crippen molar-refractivity contribution >= 4 is 22.6 Å². The lowest BCUT2D eigenvalue weighted by Crippen LogP contribution is -2.08. The van der Waals surface area contributed by atoms with Crippen molar-refractivity contribution in [3.8, 4) is 5.82 Å². The molecule has 0 spiro atoms. The lowest BCUT2D eigenvalue weighted by Gasteiger charge is -2.03. The van der Waals surface area contributed by atoms with Crippen molar-refractivity contribution in [2.75, 3.05) is 12.8 Å². The maximum atomic E-state index is 11.3. The van der Waals surface area contributed by atoms with Gasteiger partial charge < -0.3 is 10.5 Å². The van der Waals surface area contributed by atoms with Crippen LogP contribution in [-0.2, 0) is 4.74 Å². The van der Waals surface area contributed by atoms with Crippen molar-refractivity contribution in [3.63, 3.8) is 0 Å². The highest BCUT2D eigenvalue weighted by Gasteiger charge is 2.10. The first-order valence-corrected chi connectivity index (χ1v) is 5.85. The predicted octanol–water partition coefficient (Wildman–Crippen LogP) is 1.18. The summed E-state index contributed by atoms with van der Waals surface area (Å²) in [6.45, 7) is 0. The third-order valence-corrected chi connectivity index (χ3v) is 2.86. The standard InChI is InChI=1S/C13H11N5O2/c1-20-13(19)10-4-5-12(17-16-10)18-11-6-9(14)3-2-8(11)7-15-18/h2-7H,14H2,1H3. The van der Waals surface area contributed by atoms with E-state index in [1.165, 1.54) is 13.2 Å². The van der Waals surface area contributed by atoms with Crippen molar-refractivity contribution in [2.24, 2.45) is 0 Å². The molecule has 0 fully saturated rings. The number of esters is 1. The average molecular weight is 269 g/mol. The van der Waals surface area contributed by atoms with Gasteiger partial charge >= 0.3 is 5.97 Å². The zero-order valence-corrected chi connectivity index (χ0v) is 10.6. The number of carbonyl (C=O) groups is 1. The number of methoxy groups -OCH3 is 1. The summed E-state index contributed by atoms with van der Waals surface area (Å²) in [4.78, 5) is 11.3. The fourth-order valence-corrected chi connectivity index (χ4v) is 1.87. The van der Waals surface area contributed by atoms with Gasteiger partial charge in [-0.25, -0.2) is 9.48 Å². The quantitative estimate of drug-likeness (QED) is 0.554. The van der Waals surface area contributed by atoms with Crippen LogP contribution in [0.4, 0.5) is 5.69 Å². The number of nitrogens with two attached hydrogens (primary N) is 1. The Morgan fingerprint density at radius 3 is 2.80 bits per heavy atom. The van der Waals surface area contributed by atoms with Crippen LogP contribution in [0, 0.1) is 0 Å². The first-order valence-electron chi connectivity index (χ1n) is 5.85. The zero-order chi connectivity index (χ0) is 14.1. The summed E-state index contributed by atoms with van der Waals surface area (Å²) in [5.41, 5.74) is 7.38. The summed E-state index contributed by atoms with van der Waals surface area (Å²) in [5, 5.41) is 13.0. The van der Waals surface area contributed by atoms with E-state index in [2.05, 4.69) is 20.0 Å². The minimum Gasteiger partial charge on any atom is -0.464 e. The van der Waals surface area contributed by atoms with E-state index >= 15 is 0 Å². The van der Waals surface area contributed by atoms with E-state index in [1.54, 1.807) is 29.1 Å². The van der Waals surface area contributed by atoms with Gasteiger partial charge in [0.05, 0.1) is 18.8 Å². The zero-order valence-electron chi connectivity index (χ0n) is 10.6. The maximum absolute atomic E-state index is 11.3. The number of hydrogen-bond acceptors (Lipinski definition) is 6. The van der Waals surface area contributed by atoms with Crippen LogP contribution in [-0.4, -0.2) is 33.1 Å². The van der Waals surface area contributed by atoms with Crippen LogP contribution >= 0.6 is 0 Å². The fourth-order valence-electron chi connectivity index (χ4n) is 1.87. The number of anilines is 1. The summed E-state index contributed by atoms with van der Waals surface area (Å²) in [6.07, 6.45) is 1.71. The van der Waals surface area contributed by atoms with E-state index in [-0.39, 0.29) is 5.69 Å². The predicted molar refractivity (Wildman–Crippen MR) is 72.4 cm³/mol. The Bertz CT molecular complexity index is 779. The van der Waals surface area contributed by atoms with Crippen LogP contribution in [0.2, 0.25) is 0 Å². The van der Waals surface area contributed by atoms with E-state index < -0.39 is 5.97 Å². The first-order chi connectivity index (χ1) is 9.69. The van der Waals surface area contributed by atoms with Gasteiger partial charge in [-0.2, -0.15) is 5.10 Å². The van der Waals surface area contributed by atoms with Crippen LogP contribution < -0.4 is 5.73 Å². The van der Waals surface area contributed by atoms with Crippen molar-refractivity contribution in [1.82, 2.24) is 20.0 Å². The van der Waals surface area contributed by atoms with Gasteiger partial charge in [-0.15, -0.1) is 10.2 Å². The molecule has 2 N–H and O–H groups in total. The molecule has 1 aromatic carbocycles. The number of nitrogen functional groups attached to an aromatic ring is 1. The van der Waals surface area contributed by atoms with Gasteiger partial charge in [0.1, 0.15) is 0 Å². The van der Waals surface area contributed by atoms with Crippen molar-refractivity contribution in [3.05, 3.63) is 42.2 Å². The molecule has 0 aliphatic heterocycles. The molecule has 0 bridgehead atoms. The number of rotatable bonds is 2. The minimum absolute atomic E-state index is 0.146. The first kappa shape index (κ1) is 12.1. The van der Waals surface area contributed by atoms with Gasteiger partial charge in [0.25, 0.3) is 0 Å². The molecule has 0 unspecified atom stereocenters. The SMILES string of the molecule is COC(=O)c1ccc(-n2ncc3ccc(N)cc32)nn1. The Kier molecular flexibility index (Phi) is 2.79. The second-order valence-corrected chi connectivity index (χ2v) is 4.14. The number of hydrogen-bond donors (Lipinski definition) is 1. The molecule has 100 valence electrons. The Morgan fingerprint density at radius 1 is 1.25 bits per heavy atom. The van der Waals surface area contributed by atoms with Crippen molar-refractivity contribution < 1.29 is 9.53 Å². The van der Waals surface area contributed by atoms with Crippen LogP contribution in [0.3, 0.4) is 0 Å². The Hall–Kier alpha value is -2.96. The van der Waals surface area contributed by atoms with E-state index in [0.717, 1.165) is 10.9 Å². The molecule has 0 atom stereocenters. The number of carbonyl (C=O) groups excluding carboxylic acids is 1. The van der Waals surface area contributed by atoms with Crippen LogP contribution in [0.25, 0.3) is 16.7 Å². The molecule has 0 saturated heterocycles. The summed E-state index contributed by atoms with van der Waals surface area (Å²) in [7, 11) is 1.29. The van der Waals surface area contributed by atoms with E-state index in [9.17, 15) is 4.79 Å². The highest BCUT2D eigenvalue weighted by atomic mass is 16.5. The number of benzene rings is 1. The molecule has 2 heterocycles. The third kappa shape index (κ3) is 1.95. The smallest absolute Gasteiger partial charge is 0.358 e. The lowest BCUT2D eigenvalue weighted by molar-refractivity contribution is 0.0592. The molecule has 7 heteroatoms. The van der Waals surface area contributed by atoms with Gasteiger partial charge in [0.15, 0.2) is 11.5 Å². The lowest BCUT2D eigenvalue weighted by atomic mass is 10.2. The van der Waals surface area contributed by atoms with Gasteiger partial charge in [-0.3, -0.25) is 0 Å². The molecule has 3 rings (SSSR count). The van der Waals surface area contributed by atoms with Crippen molar-refractivity contribution in [1.29, 1.82) is 0 Å². The van der Waals surface area contributed by atoms with Crippen LogP contribution in [0.5, 0.6) is 0 Å². The maximum Gasteiger partial charge on any atom is 0.358 e. The largest absolute Gasteiger partial charge is 0.464 e. The molecule has 2 aromatic heterocycles. The number of ether oxygens (including phenoxy) is 1. The van der Waals surface area contributed by atoms with Crippen molar-refractivity contribution in [2.45, 2.75) is 0 Å². The van der Waals surface area contributed by atoms with Gasteiger partial charge in [-0.05, 0) is 30.3 Å². The summed E-state index contributed by atoms with van der Waals surface area (Å²) in [6, 6.07) is 8.67. The highest BCUT2D eigenvalue weighted by Crippen LogP contribution is 2.19. The van der Waals surface area contributed by atoms with Gasteiger partial charge in [-0.1, -0.05) is 0 Å². The second-order valence-electron chi connectivity index (χ2n) is 4.14. The number of aromatic nitrogens is 4. The molecular weight excluding hydrogens is 258 g/mol. The minimum atomic E-state index is -0.529. The number of nitrogens with zero attached hydrogens (tertiary/aromatic N) is 4.